The van der Waals surface area contributed by atoms with Crippen molar-refractivity contribution >= 4 is 5.97 Å². The second kappa shape index (κ2) is 3.39. The molecule has 0 aromatic heterocycles. The van der Waals surface area contributed by atoms with Crippen molar-refractivity contribution in [1.82, 2.24) is 0 Å². The molecule has 0 aromatic carbocycles. The lowest BCUT2D eigenvalue weighted by molar-refractivity contribution is -0.139. The Balaban J connectivity index is 2.30. The number of hydrogen-bond donors (Lipinski definition) is 1. The molecule has 1 saturated heterocycles. The van der Waals surface area contributed by atoms with Gasteiger partial charge in [0.15, 0.2) is 5.76 Å². The topological polar surface area (TPSA) is 59.1 Å². The van der Waals surface area contributed by atoms with Gasteiger partial charge in [0.05, 0.1) is 19.8 Å². The van der Waals surface area contributed by atoms with Crippen molar-refractivity contribution in [1.29, 1.82) is 0 Å². The number of carbonyl (C=O) groups is 1. The van der Waals surface area contributed by atoms with Crippen molar-refractivity contribution in [3.63, 3.8) is 0 Å². The molecule has 0 amide bonds. The summed E-state index contributed by atoms with van der Waals surface area (Å²) in [6.45, 7) is 0.713. The van der Waals surface area contributed by atoms with E-state index < -0.39 is 5.97 Å². The quantitative estimate of drug-likeness (QED) is 0.279. The number of carbonyl (C=O) groups excluding carboxylic acids is 1. The number of epoxide rings is 1. The summed E-state index contributed by atoms with van der Waals surface area (Å²) < 4.78 is 9.13. The fourth-order valence-corrected chi connectivity index (χ4v) is 0.635. The molecule has 1 fully saturated rings. The second-order valence-electron chi connectivity index (χ2n) is 2.27. The number of methoxy groups -OCH3 is 1. The minimum Gasteiger partial charge on any atom is -0.502 e. The van der Waals surface area contributed by atoms with E-state index in [9.17, 15) is 4.79 Å². The van der Waals surface area contributed by atoms with E-state index in [-0.39, 0.29) is 11.9 Å². The Morgan fingerprint density at radius 2 is 2.55 bits per heavy atom. The van der Waals surface area contributed by atoms with E-state index in [1.54, 1.807) is 0 Å². The Morgan fingerprint density at radius 1 is 1.91 bits per heavy atom. The molecular formula is C7H10O4. The average molecular weight is 158 g/mol. The summed E-state index contributed by atoms with van der Waals surface area (Å²) in [6.07, 6.45) is 2.16. The zero-order valence-electron chi connectivity index (χ0n) is 6.24. The molecule has 0 aliphatic carbocycles. The highest BCUT2D eigenvalue weighted by molar-refractivity contribution is 5.85. The monoisotopic (exact) mass is 158 g/mol. The predicted molar refractivity (Wildman–Crippen MR) is 37.1 cm³/mol. The Kier molecular flexibility index (Phi) is 2.48. The Morgan fingerprint density at radius 3 is 3.00 bits per heavy atom. The summed E-state index contributed by atoms with van der Waals surface area (Å²) in [7, 11) is 1.22. The van der Waals surface area contributed by atoms with Crippen LogP contribution in [0.1, 0.15) is 6.42 Å². The zero-order valence-corrected chi connectivity index (χ0v) is 6.24. The number of ether oxygens (including phenoxy) is 2. The fourth-order valence-electron chi connectivity index (χ4n) is 0.635. The molecule has 1 unspecified atom stereocenters. The van der Waals surface area contributed by atoms with Gasteiger partial charge in [-0.25, -0.2) is 4.79 Å². The Hall–Kier alpha value is -1.03. The van der Waals surface area contributed by atoms with Gasteiger partial charge in [0, 0.05) is 0 Å². The molecule has 0 saturated carbocycles. The molecular weight excluding hydrogens is 148 g/mol. The molecule has 1 aliphatic heterocycles. The molecule has 1 N–H and O–H groups in total. The standard InChI is InChI=1S/C7H10O4/c1-10-7(9)6(8)3-2-5-4-11-5/h3,5,8H,2,4H2,1H3. The lowest BCUT2D eigenvalue weighted by Crippen LogP contribution is -2.03. The molecule has 0 spiro atoms. The first kappa shape index (κ1) is 8.07. The fraction of sp³-hybridized carbons (Fsp3) is 0.571. The van der Waals surface area contributed by atoms with Crippen molar-refractivity contribution in [3.8, 4) is 0 Å². The van der Waals surface area contributed by atoms with E-state index in [2.05, 4.69) is 4.74 Å². The minimum absolute atomic E-state index is 0.182. The first-order valence-electron chi connectivity index (χ1n) is 3.33. The van der Waals surface area contributed by atoms with Gasteiger partial charge in [-0.05, 0) is 12.5 Å². The summed E-state index contributed by atoms with van der Waals surface area (Å²) >= 11 is 0. The van der Waals surface area contributed by atoms with Gasteiger partial charge >= 0.3 is 5.97 Å². The molecule has 11 heavy (non-hydrogen) atoms. The van der Waals surface area contributed by atoms with Gasteiger partial charge in [-0.1, -0.05) is 0 Å². The largest absolute Gasteiger partial charge is 0.502 e. The van der Waals surface area contributed by atoms with Gasteiger partial charge in [0.25, 0.3) is 0 Å². The smallest absolute Gasteiger partial charge is 0.372 e. The Labute approximate surface area is 64.4 Å². The third-order valence-electron chi connectivity index (χ3n) is 1.37. The average Bonchev–Trinajstić information content (AvgIpc) is 2.81. The predicted octanol–water partition coefficient (Wildman–Crippen LogP) is 0.390. The van der Waals surface area contributed by atoms with Gasteiger partial charge in [-0.3, -0.25) is 0 Å². The van der Waals surface area contributed by atoms with Crippen LogP contribution in [0.3, 0.4) is 0 Å². The van der Waals surface area contributed by atoms with Crippen LogP contribution in [-0.4, -0.2) is 30.9 Å². The van der Waals surface area contributed by atoms with E-state index in [1.807, 2.05) is 0 Å². The van der Waals surface area contributed by atoms with Crippen LogP contribution < -0.4 is 0 Å². The summed E-state index contributed by atoms with van der Waals surface area (Å²) in [6, 6.07) is 0. The van der Waals surface area contributed by atoms with Crippen molar-refractivity contribution in [3.05, 3.63) is 11.8 Å². The normalized spacial score (nSPS) is 23.0. The van der Waals surface area contributed by atoms with Crippen LogP contribution in [0.2, 0.25) is 0 Å². The number of hydrogen-bond acceptors (Lipinski definition) is 4. The van der Waals surface area contributed by atoms with Gasteiger partial charge in [0.1, 0.15) is 0 Å². The van der Waals surface area contributed by atoms with E-state index in [1.165, 1.54) is 13.2 Å². The molecule has 4 nitrogen and oxygen atoms in total. The molecule has 1 atom stereocenters. The molecule has 0 bridgehead atoms. The second-order valence-corrected chi connectivity index (χ2v) is 2.27. The molecule has 1 aliphatic rings. The van der Waals surface area contributed by atoms with E-state index in [0.29, 0.717) is 13.0 Å². The summed E-state index contributed by atoms with van der Waals surface area (Å²) in [5, 5.41) is 8.93. The van der Waals surface area contributed by atoms with Crippen LogP contribution in [0, 0.1) is 0 Å². The van der Waals surface area contributed by atoms with E-state index in [0.717, 1.165) is 0 Å². The van der Waals surface area contributed by atoms with E-state index in [4.69, 9.17) is 9.84 Å². The van der Waals surface area contributed by atoms with Crippen molar-refractivity contribution < 1.29 is 19.4 Å². The summed E-state index contributed by atoms with van der Waals surface area (Å²) in [5.74, 6) is -1.05. The first-order valence-corrected chi connectivity index (χ1v) is 3.33. The maximum atomic E-state index is 10.6. The van der Waals surface area contributed by atoms with Crippen molar-refractivity contribution in [2.24, 2.45) is 0 Å². The highest BCUT2D eigenvalue weighted by Gasteiger charge is 2.21. The first-order chi connectivity index (χ1) is 5.24. The van der Waals surface area contributed by atoms with Gasteiger partial charge in [0.2, 0.25) is 0 Å². The van der Waals surface area contributed by atoms with Crippen LogP contribution in [0.15, 0.2) is 11.8 Å². The third-order valence-corrected chi connectivity index (χ3v) is 1.37. The minimum atomic E-state index is -0.703. The lowest BCUT2D eigenvalue weighted by atomic mass is 10.3. The van der Waals surface area contributed by atoms with Crippen LogP contribution in [-0.2, 0) is 14.3 Å². The number of rotatable bonds is 3. The summed E-state index contributed by atoms with van der Waals surface area (Å²) in [4.78, 5) is 10.6. The van der Waals surface area contributed by atoms with Crippen LogP contribution in [0.25, 0.3) is 0 Å². The van der Waals surface area contributed by atoms with Crippen molar-refractivity contribution in [2.45, 2.75) is 12.5 Å². The maximum Gasteiger partial charge on any atom is 0.372 e. The highest BCUT2D eigenvalue weighted by Crippen LogP contribution is 2.14. The molecule has 4 heteroatoms. The van der Waals surface area contributed by atoms with Crippen LogP contribution in [0.4, 0.5) is 0 Å². The van der Waals surface area contributed by atoms with Crippen molar-refractivity contribution in [2.75, 3.05) is 13.7 Å². The SMILES string of the molecule is COC(=O)C(O)=CCC1CO1. The number of aliphatic hydroxyl groups excluding tert-OH is 1. The van der Waals surface area contributed by atoms with Gasteiger partial charge in [-0.2, -0.15) is 0 Å². The number of aliphatic hydroxyl groups is 1. The van der Waals surface area contributed by atoms with E-state index >= 15 is 0 Å². The van der Waals surface area contributed by atoms with Crippen LogP contribution in [0.5, 0.6) is 0 Å². The molecule has 0 radical (unpaired) electrons. The molecule has 1 heterocycles. The molecule has 0 aromatic rings. The molecule has 62 valence electrons. The zero-order chi connectivity index (χ0) is 8.27. The van der Waals surface area contributed by atoms with Crippen LogP contribution >= 0.6 is 0 Å². The van der Waals surface area contributed by atoms with Gasteiger partial charge in [-0.15, -0.1) is 0 Å². The number of esters is 1. The Bertz CT molecular complexity index is 181. The molecule has 1 rings (SSSR count). The third kappa shape index (κ3) is 2.59. The lowest BCUT2D eigenvalue weighted by Gasteiger charge is -1.95. The highest BCUT2D eigenvalue weighted by atomic mass is 16.6. The van der Waals surface area contributed by atoms with Gasteiger partial charge < -0.3 is 14.6 Å². The maximum absolute atomic E-state index is 10.6. The summed E-state index contributed by atoms with van der Waals surface area (Å²) in [5.41, 5.74) is 0.